The molecule has 1 aliphatic carbocycles. The molecule has 5 rings (SSSR count). The molecule has 4 aromatic rings. The molecule has 6 nitrogen and oxygen atoms in total. The van der Waals surface area contributed by atoms with Crippen molar-refractivity contribution in [3.8, 4) is 0 Å². The molecule has 0 atom stereocenters. The van der Waals surface area contributed by atoms with Gasteiger partial charge < -0.3 is 15.2 Å². The van der Waals surface area contributed by atoms with Crippen LogP contribution in [0.1, 0.15) is 34.3 Å². The number of rotatable bonds is 6. The highest BCUT2D eigenvalue weighted by atomic mass is 16.1. The Labute approximate surface area is 198 Å². The van der Waals surface area contributed by atoms with Crippen molar-refractivity contribution in [3.05, 3.63) is 101 Å². The summed E-state index contributed by atoms with van der Waals surface area (Å²) in [5.74, 6) is 0.385. The van der Waals surface area contributed by atoms with Crippen LogP contribution in [0.3, 0.4) is 0 Å². The highest BCUT2D eigenvalue weighted by Crippen LogP contribution is 2.40. The number of benzene rings is 3. The van der Waals surface area contributed by atoms with Crippen LogP contribution in [-0.4, -0.2) is 15.5 Å². The van der Waals surface area contributed by atoms with E-state index in [-0.39, 0.29) is 11.5 Å². The molecule has 1 amide bonds. The average Bonchev–Trinajstić information content (AvgIpc) is 3.69. The molecule has 0 spiro atoms. The Morgan fingerprint density at radius 3 is 2.59 bits per heavy atom. The van der Waals surface area contributed by atoms with Crippen LogP contribution in [-0.2, 0) is 7.05 Å². The summed E-state index contributed by atoms with van der Waals surface area (Å²) >= 11 is 0. The van der Waals surface area contributed by atoms with Gasteiger partial charge in [-0.15, -0.1) is 0 Å². The molecule has 0 saturated heterocycles. The number of carbonyl (C=O) groups is 1. The maximum absolute atomic E-state index is 12.9. The van der Waals surface area contributed by atoms with Crippen molar-refractivity contribution in [2.75, 3.05) is 10.6 Å². The summed E-state index contributed by atoms with van der Waals surface area (Å²) < 4.78 is 1.46. The van der Waals surface area contributed by atoms with Crippen molar-refractivity contribution in [2.24, 2.45) is 13.0 Å². The summed E-state index contributed by atoms with van der Waals surface area (Å²) in [6.45, 7) is 6.19. The van der Waals surface area contributed by atoms with E-state index >= 15 is 0 Å². The smallest absolute Gasteiger partial charge is 0.260 e. The molecule has 170 valence electrons. The van der Waals surface area contributed by atoms with Crippen LogP contribution < -0.4 is 16.2 Å². The molecule has 0 aliphatic heterocycles. The first-order valence-electron chi connectivity index (χ1n) is 11.3. The van der Waals surface area contributed by atoms with Crippen LogP contribution in [0.15, 0.2) is 78.4 Å². The Bertz CT molecular complexity index is 1500. The van der Waals surface area contributed by atoms with Crippen molar-refractivity contribution >= 4 is 39.4 Å². The van der Waals surface area contributed by atoms with Crippen LogP contribution >= 0.6 is 0 Å². The number of nitrogens with one attached hydrogen (secondary N) is 2. The number of aromatic nitrogens is 2. The van der Waals surface area contributed by atoms with E-state index in [1.807, 2.05) is 61.5 Å². The van der Waals surface area contributed by atoms with E-state index < -0.39 is 0 Å². The van der Waals surface area contributed by atoms with Crippen molar-refractivity contribution in [1.29, 1.82) is 0 Å². The van der Waals surface area contributed by atoms with Gasteiger partial charge in [-0.2, -0.15) is 0 Å². The van der Waals surface area contributed by atoms with Crippen LogP contribution in [0.2, 0.25) is 0 Å². The van der Waals surface area contributed by atoms with Crippen LogP contribution in [0.4, 0.5) is 17.1 Å². The van der Waals surface area contributed by atoms with Crippen molar-refractivity contribution in [3.63, 3.8) is 0 Å². The lowest BCUT2D eigenvalue weighted by molar-refractivity contribution is 0.102. The minimum atomic E-state index is -0.166. The van der Waals surface area contributed by atoms with Crippen molar-refractivity contribution in [2.45, 2.75) is 19.8 Å². The third kappa shape index (κ3) is 4.35. The molecule has 6 heteroatoms. The number of aryl methyl sites for hydroxylation is 2. The molecule has 1 saturated carbocycles. The number of allylic oxidation sites excluding steroid dienone is 1. The van der Waals surface area contributed by atoms with Gasteiger partial charge in [0.15, 0.2) is 0 Å². The quantitative estimate of drug-likeness (QED) is 0.397. The zero-order valence-corrected chi connectivity index (χ0v) is 19.3. The molecular weight excluding hydrogens is 424 g/mol. The van der Waals surface area contributed by atoms with E-state index in [0.717, 1.165) is 28.1 Å². The SMILES string of the molecule is C=C(c1cccc(C(=O)Nc2ccc(C)c(Nc3ccc4ncn(C)c(=O)c4c3)c2)c1)C1CC1. The van der Waals surface area contributed by atoms with Crippen molar-refractivity contribution < 1.29 is 4.79 Å². The Kier molecular flexibility index (Phi) is 5.49. The zero-order chi connectivity index (χ0) is 23.8. The average molecular weight is 451 g/mol. The molecule has 1 aliphatic rings. The minimum Gasteiger partial charge on any atom is -0.355 e. The summed E-state index contributed by atoms with van der Waals surface area (Å²) in [6.07, 6.45) is 3.87. The van der Waals surface area contributed by atoms with Gasteiger partial charge >= 0.3 is 0 Å². The second-order valence-corrected chi connectivity index (χ2v) is 8.88. The van der Waals surface area contributed by atoms with E-state index in [2.05, 4.69) is 22.2 Å². The van der Waals surface area contributed by atoms with Gasteiger partial charge in [0.05, 0.1) is 17.2 Å². The van der Waals surface area contributed by atoms with Crippen LogP contribution in [0.25, 0.3) is 16.5 Å². The summed E-state index contributed by atoms with van der Waals surface area (Å²) in [5, 5.41) is 6.91. The van der Waals surface area contributed by atoms with Gasteiger partial charge in [0.25, 0.3) is 11.5 Å². The molecule has 0 unspecified atom stereocenters. The fourth-order valence-corrected chi connectivity index (χ4v) is 4.01. The van der Waals surface area contributed by atoms with E-state index in [0.29, 0.717) is 28.1 Å². The highest BCUT2D eigenvalue weighted by Gasteiger charge is 2.25. The second kappa shape index (κ2) is 8.63. The second-order valence-electron chi connectivity index (χ2n) is 8.88. The molecule has 1 heterocycles. The predicted molar refractivity (Wildman–Crippen MR) is 138 cm³/mol. The van der Waals surface area contributed by atoms with E-state index in [4.69, 9.17) is 0 Å². The van der Waals surface area contributed by atoms with Crippen molar-refractivity contribution in [1.82, 2.24) is 9.55 Å². The largest absolute Gasteiger partial charge is 0.355 e. The molecular formula is C28H26N4O2. The third-order valence-electron chi connectivity index (χ3n) is 6.26. The number of hydrogen-bond acceptors (Lipinski definition) is 4. The van der Waals surface area contributed by atoms with E-state index in [1.54, 1.807) is 13.1 Å². The maximum atomic E-state index is 12.9. The first-order chi connectivity index (χ1) is 16.4. The summed E-state index contributed by atoms with van der Waals surface area (Å²) in [5.41, 5.74) is 6.60. The maximum Gasteiger partial charge on any atom is 0.260 e. The van der Waals surface area contributed by atoms with Gasteiger partial charge in [-0.25, -0.2) is 4.98 Å². The molecule has 2 N–H and O–H groups in total. The molecule has 3 aromatic carbocycles. The lowest BCUT2D eigenvalue weighted by Gasteiger charge is -2.13. The van der Waals surface area contributed by atoms with Gasteiger partial charge in [-0.3, -0.25) is 9.59 Å². The monoisotopic (exact) mass is 450 g/mol. The normalized spacial score (nSPS) is 13.0. The number of anilines is 3. The number of amides is 1. The van der Waals surface area contributed by atoms with E-state index in [9.17, 15) is 9.59 Å². The zero-order valence-electron chi connectivity index (χ0n) is 19.3. The Balaban J connectivity index is 1.37. The Morgan fingerprint density at radius 2 is 1.79 bits per heavy atom. The first kappa shape index (κ1) is 21.6. The van der Waals surface area contributed by atoms with Crippen LogP contribution in [0.5, 0.6) is 0 Å². The summed E-state index contributed by atoms with van der Waals surface area (Å²) in [6, 6.07) is 18.9. The first-order valence-corrected chi connectivity index (χ1v) is 11.3. The number of carbonyl (C=O) groups excluding carboxylic acids is 1. The summed E-state index contributed by atoms with van der Waals surface area (Å²) in [4.78, 5) is 29.7. The number of nitrogens with zero attached hydrogens (tertiary/aromatic N) is 2. The fraction of sp³-hybridized carbons (Fsp3) is 0.179. The molecule has 1 fully saturated rings. The van der Waals surface area contributed by atoms with E-state index in [1.165, 1.54) is 23.7 Å². The van der Waals surface area contributed by atoms with Crippen LogP contribution in [0, 0.1) is 12.8 Å². The number of hydrogen-bond donors (Lipinski definition) is 2. The minimum absolute atomic E-state index is 0.0991. The lowest BCUT2D eigenvalue weighted by Crippen LogP contribution is -2.16. The third-order valence-corrected chi connectivity index (χ3v) is 6.26. The molecule has 34 heavy (non-hydrogen) atoms. The Morgan fingerprint density at radius 1 is 1.03 bits per heavy atom. The van der Waals surface area contributed by atoms with Gasteiger partial charge in [0, 0.05) is 29.7 Å². The molecule has 0 radical (unpaired) electrons. The van der Waals surface area contributed by atoms with Gasteiger partial charge in [-0.1, -0.05) is 24.8 Å². The lowest BCUT2D eigenvalue weighted by atomic mass is 10.0. The van der Waals surface area contributed by atoms with Gasteiger partial charge in [0.2, 0.25) is 0 Å². The summed E-state index contributed by atoms with van der Waals surface area (Å²) in [7, 11) is 1.68. The molecule has 0 bridgehead atoms. The fourth-order valence-electron chi connectivity index (χ4n) is 4.01. The topological polar surface area (TPSA) is 76.0 Å². The molecule has 1 aromatic heterocycles. The Hall–Kier alpha value is -4.19. The highest BCUT2D eigenvalue weighted by molar-refractivity contribution is 6.05. The predicted octanol–water partition coefficient (Wildman–Crippen LogP) is 5.66. The standard InChI is InChI=1S/C28H26N4O2/c1-17-7-10-23(31-27(33)21-6-4-5-20(13-21)18(2)19-8-9-19)15-26(17)30-22-11-12-25-24(14-22)28(34)32(3)16-29-25/h4-7,10-16,19,30H,2,8-9H2,1,3H3,(H,31,33). The van der Waals surface area contributed by atoms with Gasteiger partial charge in [-0.05, 0) is 84.8 Å². The number of fused-ring (bicyclic) bond motifs is 1. The van der Waals surface area contributed by atoms with Gasteiger partial charge in [0.1, 0.15) is 0 Å².